The lowest BCUT2D eigenvalue weighted by Crippen LogP contribution is -2.42. The third kappa shape index (κ3) is 3.66. The fourth-order valence-corrected chi connectivity index (χ4v) is 2.86. The molecule has 5 heteroatoms. The van der Waals surface area contributed by atoms with Crippen molar-refractivity contribution < 1.29 is 14.3 Å². The largest absolute Gasteiger partial charge is 0.497 e. The molecule has 23 heavy (non-hydrogen) atoms. The highest BCUT2D eigenvalue weighted by atomic mass is 35.5. The Morgan fingerprint density at radius 2 is 2.04 bits per heavy atom. The number of hydrogen-bond acceptors (Lipinski definition) is 3. The highest BCUT2D eigenvalue weighted by Crippen LogP contribution is 2.25. The van der Waals surface area contributed by atoms with E-state index < -0.39 is 0 Å². The molecule has 2 aromatic rings. The van der Waals surface area contributed by atoms with E-state index in [0.29, 0.717) is 30.3 Å². The number of carbonyl (C=O) groups excluding carboxylic acids is 1. The minimum Gasteiger partial charge on any atom is -0.497 e. The summed E-state index contributed by atoms with van der Waals surface area (Å²) in [6, 6.07) is 14.7. The first kappa shape index (κ1) is 15.8. The van der Waals surface area contributed by atoms with E-state index in [1.807, 2.05) is 29.2 Å². The predicted octanol–water partition coefficient (Wildman–Crippen LogP) is 3.56. The van der Waals surface area contributed by atoms with Crippen molar-refractivity contribution in [3.05, 3.63) is 64.7 Å². The molecule has 4 nitrogen and oxygen atoms in total. The lowest BCUT2D eigenvalue weighted by Gasteiger charge is -2.33. The summed E-state index contributed by atoms with van der Waals surface area (Å²) in [4.78, 5) is 14.5. The molecule has 0 saturated carbocycles. The average molecular weight is 332 g/mol. The van der Waals surface area contributed by atoms with E-state index in [4.69, 9.17) is 21.1 Å². The maximum Gasteiger partial charge on any atom is 0.254 e. The number of morpholine rings is 1. The summed E-state index contributed by atoms with van der Waals surface area (Å²) < 4.78 is 10.9. The Morgan fingerprint density at radius 1 is 1.26 bits per heavy atom. The number of amides is 1. The summed E-state index contributed by atoms with van der Waals surface area (Å²) in [5, 5.41) is 0.671. The van der Waals surface area contributed by atoms with E-state index in [1.165, 1.54) is 0 Å². The Balaban J connectivity index is 1.73. The van der Waals surface area contributed by atoms with Crippen molar-refractivity contribution in [3.63, 3.8) is 0 Å². The maximum atomic E-state index is 12.6. The molecule has 0 aliphatic carbocycles. The first-order chi connectivity index (χ1) is 11.2. The normalized spacial score (nSPS) is 17.8. The molecule has 1 aliphatic heterocycles. The highest BCUT2D eigenvalue weighted by Gasteiger charge is 2.26. The van der Waals surface area contributed by atoms with E-state index in [9.17, 15) is 4.79 Å². The van der Waals surface area contributed by atoms with Gasteiger partial charge in [0, 0.05) is 17.1 Å². The number of benzene rings is 2. The van der Waals surface area contributed by atoms with Crippen molar-refractivity contribution >= 4 is 17.5 Å². The van der Waals surface area contributed by atoms with Crippen LogP contribution in [0.4, 0.5) is 0 Å². The maximum absolute atomic E-state index is 12.6. The lowest BCUT2D eigenvalue weighted by molar-refractivity contribution is -0.0228. The summed E-state index contributed by atoms with van der Waals surface area (Å²) in [6.45, 7) is 1.62. The molecule has 1 unspecified atom stereocenters. The van der Waals surface area contributed by atoms with Gasteiger partial charge >= 0.3 is 0 Å². The molecule has 1 atom stereocenters. The predicted molar refractivity (Wildman–Crippen MR) is 89.0 cm³/mol. The van der Waals surface area contributed by atoms with Gasteiger partial charge in [0.25, 0.3) is 5.91 Å². The first-order valence-electron chi connectivity index (χ1n) is 7.48. The van der Waals surface area contributed by atoms with Crippen LogP contribution in [0.3, 0.4) is 0 Å². The molecule has 0 aromatic heterocycles. The molecule has 0 spiro atoms. The zero-order chi connectivity index (χ0) is 16.2. The molecule has 1 fully saturated rings. The van der Waals surface area contributed by atoms with Crippen molar-refractivity contribution in [1.82, 2.24) is 4.90 Å². The molecule has 3 rings (SSSR count). The minimum absolute atomic E-state index is 0.00276. The Kier molecular flexibility index (Phi) is 4.84. The van der Waals surface area contributed by atoms with Crippen LogP contribution >= 0.6 is 11.6 Å². The summed E-state index contributed by atoms with van der Waals surface area (Å²) in [6.07, 6.45) is -0.148. The zero-order valence-electron chi connectivity index (χ0n) is 12.9. The second-order valence-electron chi connectivity index (χ2n) is 5.39. The molecule has 2 aromatic carbocycles. The van der Waals surface area contributed by atoms with Crippen LogP contribution < -0.4 is 4.74 Å². The van der Waals surface area contributed by atoms with Gasteiger partial charge in [0.1, 0.15) is 11.9 Å². The number of methoxy groups -OCH3 is 1. The second kappa shape index (κ2) is 7.02. The first-order valence-corrected chi connectivity index (χ1v) is 7.85. The van der Waals surface area contributed by atoms with Gasteiger partial charge in [0.05, 0.1) is 20.3 Å². The third-order valence-corrected chi connectivity index (χ3v) is 4.15. The lowest BCUT2D eigenvalue weighted by atomic mass is 10.1. The van der Waals surface area contributed by atoms with Gasteiger partial charge in [-0.05, 0) is 42.0 Å². The topological polar surface area (TPSA) is 38.8 Å². The molecular formula is C18H18ClNO3. The van der Waals surface area contributed by atoms with Crippen LogP contribution in [-0.4, -0.2) is 37.6 Å². The third-order valence-electron chi connectivity index (χ3n) is 3.91. The summed E-state index contributed by atoms with van der Waals surface area (Å²) in [5.41, 5.74) is 1.64. The number of halogens is 1. The van der Waals surface area contributed by atoms with Gasteiger partial charge in [-0.25, -0.2) is 0 Å². The average Bonchev–Trinajstić information content (AvgIpc) is 2.61. The standard InChI is InChI=1S/C18H18ClNO3/c1-22-16-7-5-13(6-8-16)18(21)20-9-10-23-17(12-20)14-3-2-4-15(19)11-14/h2-8,11,17H,9-10,12H2,1H3. The van der Waals surface area contributed by atoms with E-state index in [0.717, 1.165) is 11.3 Å². The molecule has 0 radical (unpaired) electrons. The SMILES string of the molecule is COc1ccc(C(=O)N2CCOC(c3cccc(Cl)c3)C2)cc1. The van der Waals surface area contributed by atoms with E-state index in [2.05, 4.69) is 0 Å². The van der Waals surface area contributed by atoms with Crippen LogP contribution in [-0.2, 0) is 4.74 Å². The van der Waals surface area contributed by atoms with Gasteiger partial charge in [-0.15, -0.1) is 0 Å². The Bertz CT molecular complexity index is 687. The molecule has 1 saturated heterocycles. The van der Waals surface area contributed by atoms with Gasteiger partial charge in [-0.3, -0.25) is 4.79 Å². The summed E-state index contributed by atoms with van der Waals surface area (Å²) in [5.74, 6) is 0.739. The molecule has 120 valence electrons. The molecular weight excluding hydrogens is 314 g/mol. The van der Waals surface area contributed by atoms with Gasteiger partial charge < -0.3 is 14.4 Å². The van der Waals surface area contributed by atoms with Gasteiger partial charge in [-0.2, -0.15) is 0 Å². The molecule has 1 aliphatic rings. The van der Waals surface area contributed by atoms with E-state index in [1.54, 1.807) is 31.4 Å². The Morgan fingerprint density at radius 3 is 2.74 bits per heavy atom. The van der Waals surface area contributed by atoms with Crippen molar-refractivity contribution in [2.24, 2.45) is 0 Å². The number of carbonyl (C=O) groups is 1. The van der Waals surface area contributed by atoms with Crippen molar-refractivity contribution in [2.45, 2.75) is 6.10 Å². The smallest absolute Gasteiger partial charge is 0.254 e. The minimum atomic E-state index is -0.148. The number of hydrogen-bond donors (Lipinski definition) is 0. The van der Waals surface area contributed by atoms with Crippen molar-refractivity contribution in [1.29, 1.82) is 0 Å². The summed E-state index contributed by atoms with van der Waals surface area (Å²) >= 11 is 6.04. The number of nitrogens with zero attached hydrogens (tertiary/aromatic N) is 1. The van der Waals surface area contributed by atoms with Crippen LogP contribution in [0.5, 0.6) is 5.75 Å². The van der Waals surface area contributed by atoms with Gasteiger partial charge in [0.2, 0.25) is 0 Å². The quantitative estimate of drug-likeness (QED) is 0.863. The number of ether oxygens (including phenoxy) is 2. The van der Waals surface area contributed by atoms with Crippen LogP contribution in [0.15, 0.2) is 48.5 Å². The second-order valence-corrected chi connectivity index (χ2v) is 5.83. The van der Waals surface area contributed by atoms with Crippen LogP contribution in [0.25, 0.3) is 0 Å². The highest BCUT2D eigenvalue weighted by molar-refractivity contribution is 6.30. The summed E-state index contributed by atoms with van der Waals surface area (Å²) in [7, 11) is 1.61. The van der Waals surface area contributed by atoms with Crippen LogP contribution in [0.1, 0.15) is 22.0 Å². The fourth-order valence-electron chi connectivity index (χ4n) is 2.66. The van der Waals surface area contributed by atoms with Crippen LogP contribution in [0, 0.1) is 0 Å². The van der Waals surface area contributed by atoms with Gasteiger partial charge in [-0.1, -0.05) is 23.7 Å². The van der Waals surface area contributed by atoms with E-state index in [-0.39, 0.29) is 12.0 Å². The Hall–Kier alpha value is -2.04. The molecule has 1 heterocycles. The van der Waals surface area contributed by atoms with E-state index >= 15 is 0 Å². The van der Waals surface area contributed by atoms with Gasteiger partial charge in [0.15, 0.2) is 0 Å². The van der Waals surface area contributed by atoms with Crippen molar-refractivity contribution in [2.75, 3.05) is 26.8 Å². The Labute approximate surface area is 140 Å². The molecule has 1 amide bonds. The zero-order valence-corrected chi connectivity index (χ0v) is 13.6. The van der Waals surface area contributed by atoms with Crippen molar-refractivity contribution in [3.8, 4) is 5.75 Å². The fraction of sp³-hybridized carbons (Fsp3) is 0.278. The number of rotatable bonds is 3. The molecule has 0 bridgehead atoms. The molecule has 0 N–H and O–H groups in total. The monoisotopic (exact) mass is 331 g/mol. The van der Waals surface area contributed by atoms with Crippen LogP contribution in [0.2, 0.25) is 5.02 Å².